The second-order valence-electron chi connectivity index (χ2n) is 4.06. The first kappa shape index (κ1) is 11.0. The molecule has 1 aliphatic rings. The Bertz CT molecular complexity index is 261. The van der Waals surface area contributed by atoms with E-state index in [2.05, 4.69) is 13.8 Å². The molecule has 3 nitrogen and oxygen atoms in total. The highest BCUT2D eigenvalue weighted by molar-refractivity contribution is 7.88. The lowest BCUT2D eigenvalue weighted by Crippen LogP contribution is -2.42. The zero-order chi connectivity index (χ0) is 10.1. The summed E-state index contributed by atoms with van der Waals surface area (Å²) in [5.41, 5.74) is 0. The van der Waals surface area contributed by atoms with Crippen LogP contribution in [-0.4, -0.2) is 32.1 Å². The molecule has 1 rings (SSSR count). The lowest BCUT2D eigenvalue weighted by Gasteiger charge is -2.34. The molecule has 0 saturated carbocycles. The lowest BCUT2D eigenvalue weighted by atomic mass is 9.86. The van der Waals surface area contributed by atoms with Crippen molar-refractivity contribution in [1.82, 2.24) is 4.31 Å². The molecule has 0 bridgehead atoms. The average Bonchev–Trinajstić information content (AvgIpc) is 2.02. The first-order valence-electron chi connectivity index (χ1n) is 4.90. The molecule has 0 radical (unpaired) electrons. The summed E-state index contributed by atoms with van der Waals surface area (Å²) in [4.78, 5) is 0. The van der Waals surface area contributed by atoms with Gasteiger partial charge in [-0.05, 0) is 18.3 Å². The smallest absolute Gasteiger partial charge is 0.211 e. The molecule has 2 atom stereocenters. The van der Waals surface area contributed by atoms with Gasteiger partial charge in [-0.15, -0.1) is 0 Å². The predicted octanol–water partition coefficient (Wildman–Crippen LogP) is 1.31. The van der Waals surface area contributed by atoms with Gasteiger partial charge >= 0.3 is 0 Å². The Morgan fingerprint density at radius 3 is 2.46 bits per heavy atom. The fourth-order valence-electron chi connectivity index (χ4n) is 2.06. The molecule has 1 aliphatic heterocycles. The van der Waals surface area contributed by atoms with Crippen LogP contribution in [-0.2, 0) is 10.0 Å². The summed E-state index contributed by atoms with van der Waals surface area (Å²) in [5, 5.41) is 0. The van der Waals surface area contributed by atoms with Gasteiger partial charge in [-0.25, -0.2) is 12.7 Å². The van der Waals surface area contributed by atoms with Crippen molar-refractivity contribution in [3.05, 3.63) is 0 Å². The quantitative estimate of drug-likeness (QED) is 0.681. The second-order valence-corrected chi connectivity index (χ2v) is 6.04. The third-order valence-corrected chi connectivity index (χ3v) is 4.31. The molecule has 0 aromatic carbocycles. The maximum Gasteiger partial charge on any atom is 0.211 e. The van der Waals surface area contributed by atoms with E-state index in [9.17, 15) is 8.42 Å². The molecule has 1 saturated heterocycles. The van der Waals surface area contributed by atoms with Crippen LogP contribution in [0.5, 0.6) is 0 Å². The predicted molar refractivity (Wildman–Crippen MR) is 54.0 cm³/mol. The number of sulfonamides is 1. The largest absolute Gasteiger partial charge is 0.213 e. The van der Waals surface area contributed by atoms with Crippen LogP contribution in [0.25, 0.3) is 0 Å². The molecule has 0 aromatic rings. The summed E-state index contributed by atoms with van der Waals surface area (Å²) in [5.74, 6) is 1.21. The monoisotopic (exact) mass is 205 g/mol. The molecule has 4 heteroatoms. The molecule has 2 unspecified atom stereocenters. The van der Waals surface area contributed by atoms with Crippen molar-refractivity contribution in [2.45, 2.75) is 26.7 Å². The van der Waals surface area contributed by atoms with Gasteiger partial charge in [-0.3, -0.25) is 0 Å². The minimum absolute atomic E-state index is 0.508. The van der Waals surface area contributed by atoms with E-state index < -0.39 is 10.0 Å². The van der Waals surface area contributed by atoms with E-state index in [1.165, 1.54) is 12.7 Å². The van der Waals surface area contributed by atoms with Crippen LogP contribution in [0.3, 0.4) is 0 Å². The standard InChI is InChI=1S/C9H19NO2S/c1-4-9-5-6-10(7-8(9)2)13(3,11)12/h8-9H,4-7H2,1-3H3. The second kappa shape index (κ2) is 3.96. The Kier molecular flexibility index (Phi) is 3.35. The lowest BCUT2D eigenvalue weighted by molar-refractivity contribution is 0.195. The van der Waals surface area contributed by atoms with E-state index in [0.717, 1.165) is 6.42 Å². The molecule has 0 aromatic heterocycles. The van der Waals surface area contributed by atoms with Gasteiger partial charge in [-0.2, -0.15) is 0 Å². The zero-order valence-electron chi connectivity index (χ0n) is 8.66. The van der Waals surface area contributed by atoms with Crippen molar-refractivity contribution in [3.8, 4) is 0 Å². The number of hydrogen-bond donors (Lipinski definition) is 0. The van der Waals surface area contributed by atoms with Gasteiger partial charge in [0.2, 0.25) is 10.0 Å². The van der Waals surface area contributed by atoms with Gasteiger partial charge in [0.15, 0.2) is 0 Å². The van der Waals surface area contributed by atoms with Crippen LogP contribution < -0.4 is 0 Å². The summed E-state index contributed by atoms with van der Waals surface area (Å²) in [6.45, 7) is 5.74. The van der Waals surface area contributed by atoms with Crippen LogP contribution >= 0.6 is 0 Å². The van der Waals surface area contributed by atoms with E-state index >= 15 is 0 Å². The van der Waals surface area contributed by atoms with E-state index in [-0.39, 0.29) is 0 Å². The number of piperidine rings is 1. The molecule has 0 aliphatic carbocycles. The Morgan fingerprint density at radius 2 is 2.08 bits per heavy atom. The fraction of sp³-hybridized carbons (Fsp3) is 1.00. The van der Waals surface area contributed by atoms with Crippen LogP contribution in [0.4, 0.5) is 0 Å². The molecule has 1 heterocycles. The molecule has 0 spiro atoms. The maximum absolute atomic E-state index is 11.3. The van der Waals surface area contributed by atoms with Crippen LogP contribution in [0.1, 0.15) is 26.7 Å². The topological polar surface area (TPSA) is 37.4 Å². The first-order chi connectivity index (χ1) is 5.95. The third-order valence-electron chi connectivity index (χ3n) is 3.04. The summed E-state index contributed by atoms with van der Waals surface area (Å²) in [6, 6.07) is 0. The zero-order valence-corrected chi connectivity index (χ0v) is 9.47. The van der Waals surface area contributed by atoms with Gasteiger partial charge in [0.25, 0.3) is 0 Å². The first-order valence-corrected chi connectivity index (χ1v) is 6.75. The van der Waals surface area contributed by atoms with Gasteiger partial charge in [0.05, 0.1) is 6.26 Å². The van der Waals surface area contributed by atoms with Crippen molar-refractivity contribution in [1.29, 1.82) is 0 Å². The van der Waals surface area contributed by atoms with Crippen molar-refractivity contribution < 1.29 is 8.42 Å². The molecule has 13 heavy (non-hydrogen) atoms. The van der Waals surface area contributed by atoms with Gasteiger partial charge in [0.1, 0.15) is 0 Å². The van der Waals surface area contributed by atoms with E-state index in [4.69, 9.17) is 0 Å². The highest BCUT2D eigenvalue weighted by Crippen LogP contribution is 2.26. The van der Waals surface area contributed by atoms with E-state index in [0.29, 0.717) is 24.9 Å². The minimum atomic E-state index is -2.96. The third kappa shape index (κ3) is 2.68. The summed E-state index contributed by atoms with van der Waals surface area (Å²) < 4.78 is 24.1. The summed E-state index contributed by atoms with van der Waals surface area (Å²) >= 11 is 0. The minimum Gasteiger partial charge on any atom is -0.213 e. The van der Waals surface area contributed by atoms with Crippen LogP contribution in [0.2, 0.25) is 0 Å². The van der Waals surface area contributed by atoms with Crippen molar-refractivity contribution in [2.24, 2.45) is 11.8 Å². The highest BCUT2D eigenvalue weighted by Gasteiger charge is 2.28. The Hall–Kier alpha value is -0.0900. The van der Waals surface area contributed by atoms with Crippen LogP contribution in [0, 0.1) is 11.8 Å². The SMILES string of the molecule is CCC1CCN(S(C)(=O)=O)CC1C. The summed E-state index contributed by atoms with van der Waals surface area (Å²) in [7, 11) is -2.96. The van der Waals surface area contributed by atoms with Gasteiger partial charge in [-0.1, -0.05) is 20.3 Å². The van der Waals surface area contributed by atoms with E-state index in [1.807, 2.05) is 0 Å². The molecule has 1 fully saturated rings. The Balaban J connectivity index is 2.61. The highest BCUT2D eigenvalue weighted by atomic mass is 32.2. The molecule has 0 N–H and O–H groups in total. The number of rotatable bonds is 2. The number of nitrogens with zero attached hydrogens (tertiary/aromatic N) is 1. The molecule has 78 valence electrons. The number of hydrogen-bond acceptors (Lipinski definition) is 2. The van der Waals surface area contributed by atoms with Gasteiger partial charge in [0, 0.05) is 13.1 Å². The average molecular weight is 205 g/mol. The van der Waals surface area contributed by atoms with Crippen molar-refractivity contribution in [3.63, 3.8) is 0 Å². The van der Waals surface area contributed by atoms with E-state index in [1.54, 1.807) is 4.31 Å². The normalized spacial score (nSPS) is 31.9. The Morgan fingerprint density at radius 1 is 1.46 bits per heavy atom. The van der Waals surface area contributed by atoms with Crippen molar-refractivity contribution in [2.75, 3.05) is 19.3 Å². The molecular formula is C9H19NO2S. The molecule has 0 amide bonds. The fourth-order valence-corrected chi connectivity index (χ4v) is 3.01. The maximum atomic E-state index is 11.3. The van der Waals surface area contributed by atoms with Crippen molar-refractivity contribution >= 4 is 10.0 Å². The Labute approximate surface area is 81.2 Å². The molecular weight excluding hydrogens is 186 g/mol. The van der Waals surface area contributed by atoms with Gasteiger partial charge < -0.3 is 0 Å². The van der Waals surface area contributed by atoms with Crippen LogP contribution in [0.15, 0.2) is 0 Å². The summed E-state index contributed by atoms with van der Waals surface area (Å²) in [6.07, 6.45) is 3.48.